The molecule has 0 bridgehead atoms. The summed E-state index contributed by atoms with van der Waals surface area (Å²) >= 11 is 0. The first-order chi connectivity index (χ1) is 16.8. The lowest BCUT2D eigenvalue weighted by atomic mass is 10.0. The van der Waals surface area contributed by atoms with Crippen LogP contribution in [-0.2, 0) is 11.2 Å². The lowest BCUT2D eigenvalue weighted by molar-refractivity contribution is -0.136. The van der Waals surface area contributed by atoms with E-state index in [9.17, 15) is 4.79 Å². The molecule has 2 aromatic heterocycles. The Hall–Kier alpha value is -3.93. The highest BCUT2D eigenvalue weighted by Crippen LogP contribution is 2.29. The summed E-state index contributed by atoms with van der Waals surface area (Å²) in [7, 11) is 0. The van der Waals surface area contributed by atoms with Gasteiger partial charge in [0.2, 0.25) is 5.89 Å². The van der Waals surface area contributed by atoms with Crippen LogP contribution in [0.5, 0.6) is 5.75 Å². The molecule has 1 N–H and O–H groups in total. The number of carboxylic acids is 1. The van der Waals surface area contributed by atoms with Crippen LogP contribution in [0.3, 0.4) is 0 Å². The molecule has 4 aromatic rings. The van der Waals surface area contributed by atoms with Gasteiger partial charge in [0.1, 0.15) is 11.5 Å². The first-order valence-corrected chi connectivity index (χ1v) is 11.7. The van der Waals surface area contributed by atoms with Gasteiger partial charge in [0.05, 0.1) is 18.0 Å². The second-order valence-electron chi connectivity index (χ2n) is 8.95. The van der Waals surface area contributed by atoms with E-state index < -0.39 is 5.97 Å². The molecule has 6 nitrogen and oxygen atoms in total. The quantitative estimate of drug-likeness (QED) is 0.299. The van der Waals surface area contributed by atoms with Crippen molar-refractivity contribution in [3.8, 4) is 28.5 Å². The van der Waals surface area contributed by atoms with E-state index in [0.29, 0.717) is 18.9 Å². The lowest BCUT2D eigenvalue weighted by Crippen LogP contribution is -2.09. The Balaban J connectivity index is 1.41. The molecule has 1 unspecified atom stereocenters. The number of aliphatic carboxylic acids is 1. The number of benzene rings is 2. The monoisotopic (exact) mass is 470 g/mol. The smallest absolute Gasteiger partial charge is 0.303 e. The van der Waals surface area contributed by atoms with Crippen molar-refractivity contribution in [2.75, 3.05) is 6.61 Å². The number of nitrogens with zero attached hydrogens (tertiary/aromatic N) is 2. The van der Waals surface area contributed by atoms with Crippen molar-refractivity contribution < 1.29 is 19.1 Å². The molecule has 0 saturated carbocycles. The van der Waals surface area contributed by atoms with Crippen LogP contribution in [-0.4, -0.2) is 27.7 Å². The zero-order chi connectivity index (χ0) is 24.9. The van der Waals surface area contributed by atoms with E-state index in [2.05, 4.69) is 18.0 Å². The number of pyridine rings is 1. The molecule has 0 aliphatic rings. The van der Waals surface area contributed by atoms with Crippen LogP contribution in [0.15, 0.2) is 65.2 Å². The zero-order valence-electron chi connectivity index (χ0n) is 20.5. The van der Waals surface area contributed by atoms with Crippen molar-refractivity contribution in [3.05, 3.63) is 88.9 Å². The molecule has 180 valence electrons. The summed E-state index contributed by atoms with van der Waals surface area (Å²) in [6, 6.07) is 17.9. The second-order valence-corrected chi connectivity index (χ2v) is 8.95. The van der Waals surface area contributed by atoms with Crippen LogP contribution in [0.25, 0.3) is 22.7 Å². The molecule has 0 amide bonds. The van der Waals surface area contributed by atoms with E-state index in [4.69, 9.17) is 19.2 Å². The van der Waals surface area contributed by atoms with E-state index in [0.717, 1.165) is 50.7 Å². The van der Waals surface area contributed by atoms with Gasteiger partial charge in [0.15, 0.2) is 0 Å². The highest BCUT2D eigenvalue weighted by Gasteiger charge is 2.18. The third-order valence-electron chi connectivity index (χ3n) is 6.06. The number of carbonyl (C=O) groups is 1. The molecule has 2 heterocycles. The van der Waals surface area contributed by atoms with Crippen LogP contribution in [0.1, 0.15) is 47.4 Å². The highest BCUT2D eigenvalue weighted by atomic mass is 16.5. The topological polar surface area (TPSA) is 85.5 Å². The van der Waals surface area contributed by atoms with Crippen LogP contribution >= 0.6 is 0 Å². The predicted octanol–water partition coefficient (Wildman–Crippen LogP) is 6.53. The van der Waals surface area contributed by atoms with E-state index >= 15 is 0 Å². The number of oxazole rings is 1. The molecule has 0 saturated heterocycles. The van der Waals surface area contributed by atoms with Crippen LogP contribution in [0, 0.1) is 20.8 Å². The summed E-state index contributed by atoms with van der Waals surface area (Å²) in [5.41, 5.74) is 6.95. The van der Waals surface area contributed by atoms with E-state index in [-0.39, 0.29) is 12.3 Å². The third kappa shape index (κ3) is 5.96. The van der Waals surface area contributed by atoms with E-state index in [1.807, 2.05) is 75.5 Å². The van der Waals surface area contributed by atoms with Gasteiger partial charge in [0, 0.05) is 29.7 Å². The molecule has 0 fully saturated rings. The minimum atomic E-state index is -0.792. The second kappa shape index (κ2) is 10.6. The Labute approximate surface area is 205 Å². The molecule has 35 heavy (non-hydrogen) atoms. The molecule has 1 atom stereocenters. The number of carboxylic acid groups (broad SMARTS) is 1. The number of hydrogen-bond donors (Lipinski definition) is 1. The van der Waals surface area contributed by atoms with Crippen molar-refractivity contribution in [2.24, 2.45) is 0 Å². The standard InChI is InChI=1S/C29H30N2O4/c1-18-5-13-26(30-16-18)23-6-8-24(9-7-23)29-31-28(21(4)35-29)20(3)17-34-25-12-10-22(19(2)15-25)11-14-27(32)33/h5-10,12-13,15-16,20H,11,14,17H2,1-4H3,(H,32,33). The number of aryl methyl sites for hydroxylation is 4. The maximum Gasteiger partial charge on any atom is 0.303 e. The van der Waals surface area contributed by atoms with Gasteiger partial charge in [-0.1, -0.05) is 31.2 Å². The maximum atomic E-state index is 10.8. The van der Waals surface area contributed by atoms with E-state index in [1.54, 1.807) is 0 Å². The lowest BCUT2D eigenvalue weighted by Gasteiger charge is -2.13. The molecule has 0 aliphatic heterocycles. The van der Waals surface area contributed by atoms with Gasteiger partial charge < -0.3 is 14.3 Å². The predicted molar refractivity (Wildman–Crippen MR) is 136 cm³/mol. The molecule has 6 heteroatoms. The number of hydrogen-bond acceptors (Lipinski definition) is 5. The van der Waals surface area contributed by atoms with Crippen LogP contribution in [0.4, 0.5) is 0 Å². The van der Waals surface area contributed by atoms with Gasteiger partial charge in [-0.05, 0) is 74.2 Å². The third-order valence-corrected chi connectivity index (χ3v) is 6.06. The van der Waals surface area contributed by atoms with Gasteiger partial charge in [0.25, 0.3) is 0 Å². The first-order valence-electron chi connectivity index (χ1n) is 11.7. The van der Waals surface area contributed by atoms with Crippen LogP contribution in [0.2, 0.25) is 0 Å². The van der Waals surface area contributed by atoms with Gasteiger partial charge in [-0.15, -0.1) is 0 Å². The van der Waals surface area contributed by atoms with Crippen molar-refractivity contribution in [3.63, 3.8) is 0 Å². The first kappa shape index (κ1) is 24.2. The fraction of sp³-hybridized carbons (Fsp3) is 0.276. The minimum absolute atomic E-state index is 0.0375. The number of aromatic nitrogens is 2. The summed E-state index contributed by atoms with van der Waals surface area (Å²) in [6.07, 6.45) is 2.50. The summed E-state index contributed by atoms with van der Waals surface area (Å²) < 4.78 is 12.0. The van der Waals surface area contributed by atoms with Gasteiger partial charge in [-0.2, -0.15) is 0 Å². The Morgan fingerprint density at radius 3 is 2.43 bits per heavy atom. The molecular formula is C29H30N2O4. The van der Waals surface area contributed by atoms with Gasteiger partial charge in [-0.3, -0.25) is 9.78 Å². The fourth-order valence-corrected chi connectivity index (χ4v) is 3.99. The van der Waals surface area contributed by atoms with E-state index in [1.165, 1.54) is 0 Å². The largest absolute Gasteiger partial charge is 0.493 e. The Bertz CT molecular complexity index is 1310. The molecule has 0 radical (unpaired) electrons. The van der Waals surface area contributed by atoms with Crippen molar-refractivity contribution >= 4 is 5.97 Å². The Kier molecular flexibility index (Phi) is 7.30. The minimum Gasteiger partial charge on any atom is -0.493 e. The normalized spacial score (nSPS) is 11.9. The SMILES string of the molecule is Cc1ccc(-c2ccc(-c3nc(C(C)COc4ccc(CCC(=O)O)c(C)c4)c(C)o3)cc2)nc1. The maximum absolute atomic E-state index is 10.8. The summed E-state index contributed by atoms with van der Waals surface area (Å²) in [5.74, 6) is 1.37. The average Bonchev–Trinajstić information content (AvgIpc) is 3.24. The van der Waals surface area contributed by atoms with Gasteiger partial charge in [-0.25, -0.2) is 4.98 Å². The molecule has 2 aromatic carbocycles. The zero-order valence-corrected chi connectivity index (χ0v) is 20.5. The Morgan fingerprint density at radius 2 is 1.77 bits per heavy atom. The van der Waals surface area contributed by atoms with Gasteiger partial charge >= 0.3 is 5.97 Å². The van der Waals surface area contributed by atoms with Crippen molar-refractivity contribution in [1.29, 1.82) is 0 Å². The summed E-state index contributed by atoms with van der Waals surface area (Å²) in [6.45, 7) is 8.44. The summed E-state index contributed by atoms with van der Waals surface area (Å²) in [4.78, 5) is 20.1. The van der Waals surface area contributed by atoms with Crippen molar-refractivity contribution in [2.45, 2.75) is 46.5 Å². The molecular weight excluding hydrogens is 440 g/mol. The highest BCUT2D eigenvalue weighted by molar-refractivity contribution is 5.67. The van der Waals surface area contributed by atoms with Crippen molar-refractivity contribution in [1.82, 2.24) is 9.97 Å². The molecule has 4 rings (SSSR count). The molecule has 0 aliphatic carbocycles. The molecule has 0 spiro atoms. The number of ether oxygens (including phenoxy) is 1. The summed E-state index contributed by atoms with van der Waals surface area (Å²) in [5, 5.41) is 8.90. The number of rotatable bonds is 9. The average molecular weight is 471 g/mol. The fourth-order valence-electron chi connectivity index (χ4n) is 3.99. The Morgan fingerprint density at radius 1 is 1.03 bits per heavy atom. The van der Waals surface area contributed by atoms with Crippen LogP contribution < -0.4 is 4.74 Å².